The number of nitrogens with zero attached hydrogens (tertiary/aromatic N) is 4. The molecule has 0 radical (unpaired) electrons. The second-order valence-corrected chi connectivity index (χ2v) is 6.40. The van der Waals surface area contributed by atoms with E-state index in [1.807, 2.05) is 28.9 Å². The van der Waals surface area contributed by atoms with Gasteiger partial charge in [-0.2, -0.15) is 5.10 Å². The number of aliphatic hydroxyl groups excluding tert-OH is 1. The maximum absolute atomic E-state index is 10.4. The number of β-amino-alcohol motifs (C(OH)–C–C–N with tert-alkyl or cyclic N) is 1. The Balaban J connectivity index is 1.48. The van der Waals surface area contributed by atoms with E-state index in [1.54, 1.807) is 19.8 Å². The van der Waals surface area contributed by atoms with Gasteiger partial charge in [-0.25, -0.2) is 4.98 Å². The molecule has 0 unspecified atom stereocenters. The minimum atomic E-state index is -0.529. The average molecular weight is 346 g/mol. The largest absolute Gasteiger partial charge is 0.497 e. The van der Waals surface area contributed by atoms with Crippen molar-refractivity contribution in [3.05, 3.63) is 36.9 Å². The first kappa shape index (κ1) is 17.7. The van der Waals surface area contributed by atoms with Crippen LogP contribution in [0.25, 0.3) is 0 Å². The average Bonchev–Trinajstić information content (AvgIpc) is 3.15. The molecule has 0 aliphatic carbocycles. The van der Waals surface area contributed by atoms with E-state index in [-0.39, 0.29) is 6.61 Å². The molecule has 0 amide bonds. The molecule has 0 bridgehead atoms. The van der Waals surface area contributed by atoms with Gasteiger partial charge in [0.1, 0.15) is 36.9 Å². The van der Waals surface area contributed by atoms with Crippen LogP contribution in [0.3, 0.4) is 0 Å². The molecule has 1 fully saturated rings. The molecule has 3 rings (SSSR count). The lowest BCUT2D eigenvalue weighted by atomic mass is 10.0. The van der Waals surface area contributed by atoms with Crippen molar-refractivity contribution in [3.63, 3.8) is 0 Å². The molecule has 25 heavy (non-hydrogen) atoms. The van der Waals surface area contributed by atoms with E-state index in [0.717, 1.165) is 31.0 Å². The van der Waals surface area contributed by atoms with Crippen LogP contribution in [-0.4, -0.2) is 63.7 Å². The summed E-state index contributed by atoms with van der Waals surface area (Å²) in [6.07, 6.45) is 6.28. The van der Waals surface area contributed by atoms with Crippen LogP contribution in [0.15, 0.2) is 36.9 Å². The summed E-state index contributed by atoms with van der Waals surface area (Å²) in [5, 5.41) is 14.6. The molecule has 1 aliphatic heterocycles. The topological polar surface area (TPSA) is 72.6 Å². The third kappa shape index (κ3) is 5.17. The number of ether oxygens (including phenoxy) is 2. The first-order valence-corrected chi connectivity index (χ1v) is 8.76. The highest BCUT2D eigenvalue weighted by Gasteiger charge is 2.25. The van der Waals surface area contributed by atoms with Crippen molar-refractivity contribution in [2.75, 3.05) is 26.8 Å². The van der Waals surface area contributed by atoms with Crippen molar-refractivity contribution in [1.29, 1.82) is 0 Å². The van der Waals surface area contributed by atoms with Gasteiger partial charge in [0.25, 0.3) is 0 Å². The number of hydrogen-bond acceptors (Lipinski definition) is 6. The van der Waals surface area contributed by atoms with Crippen LogP contribution in [0.1, 0.15) is 19.3 Å². The zero-order chi connectivity index (χ0) is 17.5. The van der Waals surface area contributed by atoms with E-state index in [0.29, 0.717) is 12.6 Å². The van der Waals surface area contributed by atoms with E-state index >= 15 is 0 Å². The lowest BCUT2D eigenvalue weighted by Crippen LogP contribution is -2.46. The highest BCUT2D eigenvalue weighted by Crippen LogP contribution is 2.20. The summed E-state index contributed by atoms with van der Waals surface area (Å²) in [6, 6.07) is 7.77. The maximum Gasteiger partial charge on any atom is 0.137 e. The van der Waals surface area contributed by atoms with Crippen molar-refractivity contribution < 1.29 is 14.6 Å². The molecule has 1 N–H and O–H groups in total. The quantitative estimate of drug-likeness (QED) is 0.782. The minimum Gasteiger partial charge on any atom is -0.497 e. The first-order valence-electron chi connectivity index (χ1n) is 8.76. The Labute approximate surface area is 148 Å². The molecule has 2 atom stereocenters. The summed E-state index contributed by atoms with van der Waals surface area (Å²) in [4.78, 5) is 6.34. The number of methoxy groups -OCH3 is 1. The van der Waals surface area contributed by atoms with Crippen molar-refractivity contribution in [1.82, 2.24) is 19.7 Å². The van der Waals surface area contributed by atoms with E-state index in [4.69, 9.17) is 9.47 Å². The summed E-state index contributed by atoms with van der Waals surface area (Å²) in [6.45, 7) is 2.69. The van der Waals surface area contributed by atoms with Gasteiger partial charge < -0.3 is 14.6 Å². The van der Waals surface area contributed by atoms with Crippen LogP contribution in [0, 0.1) is 0 Å². The summed E-state index contributed by atoms with van der Waals surface area (Å²) in [7, 11) is 1.63. The van der Waals surface area contributed by atoms with Crippen LogP contribution in [0.5, 0.6) is 11.5 Å². The van der Waals surface area contributed by atoms with Gasteiger partial charge in [-0.15, -0.1) is 0 Å². The van der Waals surface area contributed by atoms with Crippen LogP contribution in [-0.2, 0) is 6.54 Å². The SMILES string of the molecule is COc1ccc(OC[C@H](O)CN2CCCC[C@@H]2Cn2cncn2)cc1. The number of hydrogen-bond donors (Lipinski definition) is 1. The standard InChI is InChI=1S/C18H26N4O3/c1-24-17-5-7-18(8-6-17)25-12-16(23)11-21-9-3-2-4-15(21)10-22-14-19-13-20-22/h5-8,13-16,23H,2-4,9-12H2,1H3/t15-,16-/m1/s1. The van der Waals surface area contributed by atoms with Crippen molar-refractivity contribution in [2.24, 2.45) is 0 Å². The molecule has 7 heteroatoms. The molecule has 1 aromatic heterocycles. The predicted octanol–water partition coefficient (Wildman–Crippen LogP) is 1.58. The zero-order valence-corrected chi connectivity index (χ0v) is 14.6. The van der Waals surface area contributed by atoms with Crippen molar-refractivity contribution >= 4 is 0 Å². The highest BCUT2D eigenvalue weighted by molar-refractivity contribution is 5.31. The fourth-order valence-electron chi connectivity index (χ4n) is 3.24. The summed E-state index contributed by atoms with van der Waals surface area (Å²) < 4.78 is 12.7. The van der Waals surface area contributed by atoms with Gasteiger partial charge in [0.2, 0.25) is 0 Å². The normalized spacial score (nSPS) is 19.5. The Morgan fingerprint density at radius 1 is 1.24 bits per heavy atom. The lowest BCUT2D eigenvalue weighted by molar-refractivity contribution is 0.0345. The molecule has 1 aromatic carbocycles. The van der Waals surface area contributed by atoms with Gasteiger partial charge >= 0.3 is 0 Å². The number of rotatable bonds is 8. The highest BCUT2D eigenvalue weighted by atomic mass is 16.5. The summed E-state index contributed by atoms with van der Waals surface area (Å²) >= 11 is 0. The van der Waals surface area contributed by atoms with Gasteiger partial charge in [0.15, 0.2) is 0 Å². The Hall–Kier alpha value is -2.12. The van der Waals surface area contributed by atoms with E-state index in [1.165, 1.54) is 12.8 Å². The Kier molecular flexibility index (Phi) is 6.25. The van der Waals surface area contributed by atoms with E-state index in [9.17, 15) is 5.11 Å². The number of piperidine rings is 1. The Bertz CT molecular complexity index is 618. The molecule has 7 nitrogen and oxygen atoms in total. The molecular formula is C18H26N4O3. The van der Waals surface area contributed by atoms with E-state index < -0.39 is 6.10 Å². The predicted molar refractivity (Wildman–Crippen MR) is 93.7 cm³/mol. The molecule has 2 heterocycles. The summed E-state index contributed by atoms with van der Waals surface area (Å²) in [5.74, 6) is 1.52. The van der Waals surface area contributed by atoms with Crippen molar-refractivity contribution in [3.8, 4) is 11.5 Å². The second kappa shape index (κ2) is 8.82. The van der Waals surface area contributed by atoms with E-state index in [2.05, 4.69) is 15.0 Å². The van der Waals surface area contributed by atoms with Gasteiger partial charge in [-0.1, -0.05) is 6.42 Å². The lowest BCUT2D eigenvalue weighted by Gasteiger charge is -2.36. The zero-order valence-electron chi connectivity index (χ0n) is 14.6. The fraction of sp³-hybridized carbons (Fsp3) is 0.556. The molecule has 0 saturated carbocycles. The fourth-order valence-corrected chi connectivity index (χ4v) is 3.24. The molecule has 0 spiro atoms. The number of aromatic nitrogens is 3. The van der Waals surface area contributed by atoms with Crippen LogP contribution in [0.2, 0.25) is 0 Å². The second-order valence-electron chi connectivity index (χ2n) is 6.40. The van der Waals surface area contributed by atoms with Gasteiger partial charge in [-0.3, -0.25) is 9.58 Å². The molecule has 136 valence electrons. The number of aliphatic hydroxyl groups is 1. The maximum atomic E-state index is 10.4. The Morgan fingerprint density at radius 2 is 2.04 bits per heavy atom. The molecule has 2 aromatic rings. The van der Waals surface area contributed by atoms with Crippen LogP contribution < -0.4 is 9.47 Å². The third-order valence-electron chi connectivity index (χ3n) is 4.56. The van der Waals surface area contributed by atoms with Gasteiger partial charge in [0.05, 0.1) is 13.7 Å². The van der Waals surface area contributed by atoms with Crippen LogP contribution in [0.4, 0.5) is 0 Å². The molecule has 1 aliphatic rings. The first-order chi connectivity index (χ1) is 12.2. The Morgan fingerprint density at radius 3 is 2.76 bits per heavy atom. The van der Waals surface area contributed by atoms with Gasteiger partial charge in [0, 0.05) is 12.6 Å². The van der Waals surface area contributed by atoms with Crippen molar-refractivity contribution in [2.45, 2.75) is 38.0 Å². The monoisotopic (exact) mass is 346 g/mol. The third-order valence-corrected chi connectivity index (χ3v) is 4.56. The minimum absolute atomic E-state index is 0.277. The molecular weight excluding hydrogens is 320 g/mol. The summed E-state index contributed by atoms with van der Waals surface area (Å²) in [5.41, 5.74) is 0. The number of likely N-dealkylation sites (tertiary alicyclic amines) is 1. The molecule has 1 saturated heterocycles. The van der Waals surface area contributed by atoms with Crippen LogP contribution >= 0.6 is 0 Å². The smallest absolute Gasteiger partial charge is 0.137 e. The van der Waals surface area contributed by atoms with Gasteiger partial charge in [-0.05, 0) is 43.7 Å². The number of benzene rings is 1.